The molecule has 30 heavy (non-hydrogen) atoms. The Morgan fingerprint density at radius 3 is 2.00 bits per heavy atom. The van der Waals surface area contributed by atoms with Gasteiger partial charge in [0, 0.05) is 22.6 Å². The van der Waals surface area contributed by atoms with E-state index < -0.39 is 0 Å². The average Bonchev–Trinajstić information content (AvgIpc) is 2.76. The van der Waals surface area contributed by atoms with E-state index >= 15 is 0 Å². The van der Waals surface area contributed by atoms with Crippen LogP contribution in [0.15, 0.2) is 72.8 Å². The number of rotatable bonds is 8. The van der Waals surface area contributed by atoms with Crippen molar-refractivity contribution < 1.29 is 18.7 Å². The molecule has 7 heteroatoms. The van der Waals surface area contributed by atoms with Crippen LogP contribution in [0.5, 0.6) is 5.75 Å². The molecule has 0 saturated carbocycles. The molecule has 154 valence electrons. The number of hydrogen-bond donors (Lipinski definition) is 3. The van der Waals surface area contributed by atoms with Gasteiger partial charge in [0.15, 0.2) is 0 Å². The van der Waals surface area contributed by atoms with Gasteiger partial charge in [-0.15, -0.1) is 0 Å². The van der Waals surface area contributed by atoms with Crippen LogP contribution in [-0.4, -0.2) is 25.0 Å². The molecule has 0 spiro atoms. The summed E-state index contributed by atoms with van der Waals surface area (Å²) in [5, 5.41) is 8.47. The highest BCUT2D eigenvalue weighted by atomic mass is 19.1. The number of carbonyl (C=O) groups is 2. The van der Waals surface area contributed by atoms with Gasteiger partial charge in [0.25, 0.3) is 5.91 Å². The van der Waals surface area contributed by atoms with Crippen LogP contribution in [-0.2, 0) is 4.79 Å². The number of carbonyl (C=O) groups excluding carboxylic acids is 2. The van der Waals surface area contributed by atoms with Gasteiger partial charge in [0.2, 0.25) is 5.91 Å². The van der Waals surface area contributed by atoms with Gasteiger partial charge in [-0.1, -0.05) is 0 Å². The van der Waals surface area contributed by atoms with Crippen LogP contribution in [0, 0.1) is 5.82 Å². The van der Waals surface area contributed by atoms with E-state index in [1.165, 1.54) is 24.3 Å². The van der Waals surface area contributed by atoms with E-state index in [0.717, 1.165) is 5.75 Å². The van der Waals surface area contributed by atoms with E-state index in [0.29, 0.717) is 29.2 Å². The summed E-state index contributed by atoms with van der Waals surface area (Å²) < 4.78 is 18.3. The van der Waals surface area contributed by atoms with Gasteiger partial charge in [-0.3, -0.25) is 9.59 Å². The van der Waals surface area contributed by atoms with Gasteiger partial charge in [0.1, 0.15) is 11.6 Å². The van der Waals surface area contributed by atoms with Gasteiger partial charge in [-0.05, 0) is 79.7 Å². The van der Waals surface area contributed by atoms with Crippen molar-refractivity contribution in [3.8, 4) is 5.75 Å². The van der Waals surface area contributed by atoms with Gasteiger partial charge in [-0.2, -0.15) is 0 Å². The lowest BCUT2D eigenvalue weighted by molar-refractivity contribution is -0.114. The summed E-state index contributed by atoms with van der Waals surface area (Å²) in [4.78, 5) is 24.3. The molecule has 3 N–H and O–H groups in total. The molecule has 0 aliphatic rings. The highest BCUT2D eigenvalue weighted by Gasteiger charge is 2.07. The predicted molar refractivity (Wildman–Crippen MR) is 116 cm³/mol. The SMILES string of the molecule is CCOc1ccc(NC(=O)c2ccc(NCC(=O)Nc3ccc(F)cc3)cc2)cc1. The Balaban J connectivity index is 1.49. The molecular weight excluding hydrogens is 385 g/mol. The van der Waals surface area contributed by atoms with Crippen molar-refractivity contribution in [3.05, 3.63) is 84.2 Å². The van der Waals surface area contributed by atoms with Crippen molar-refractivity contribution in [1.29, 1.82) is 0 Å². The Morgan fingerprint density at radius 1 is 0.800 bits per heavy atom. The van der Waals surface area contributed by atoms with Crippen LogP contribution in [0.4, 0.5) is 21.5 Å². The molecule has 2 amide bonds. The first-order chi connectivity index (χ1) is 14.5. The van der Waals surface area contributed by atoms with Crippen molar-refractivity contribution in [2.45, 2.75) is 6.92 Å². The summed E-state index contributed by atoms with van der Waals surface area (Å²) in [6, 6.07) is 19.5. The molecule has 0 bridgehead atoms. The third kappa shape index (κ3) is 6.07. The highest BCUT2D eigenvalue weighted by molar-refractivity contribution is 6.04. The third-order valence-corrected chi connectivity index (χ3v) is 4.15. The number of benzene rings is 3. The van der Waals surface area contributed by atoms with E-state index in [-0.39, 0.29) is 24.2 Å². The number of anilines is 3. The van der Waals surface area contributed by atoms with Crippen LogP contribution in [0.1, 0.15) is 17.3 Å². The molecule has 0 aliphatic carbocycles. The van der Waals surface area contributed by atoms with Crippen molar-refractivity contribution in [2.75, 3.05) is 29.1 Å². The molecule has 0 aromatic heterocycles. The molecule has 3 aromatic rings. The number of ether oxygens (including phenoxy) is 1. The Bertz CT molecular complexity index is 988. The second kappa shape index (κ2) is 10.1. The van der Waals surface area contributed by atoms with Crippen LogP contribution >= 0.6 is 0 Å². The summed E-state index contributed by atoms with van der Waals surface area (Å²) >= 11 is 0. The van der Waals surface area contributed by atoms with E-state index in [1.807, 2.05) is 6.92 Å². The molecule has 0 radical (unpaired) electrons. The van der Waals surface area contributed by atoms with E-state index in [9.17, 15) is 14.0 Å². The molecular formula is C23H22FN3O3. The van der Waals surface area contributed by atoms with E-state index in [2.05, 4.69) is 16.0 Å². The minimum absolute atomic E-state index is 0.0368. The smallest absolute Gasteiger partial charge is 0.255 e. The van der Waals surface area contributed by atoms with Crippen molar-refractivity contribution >= 4 is 28.9 Å². The molecule has 6 nitrogen and oxygen atoms in total. The lowest BCUT2D eigenvalue weighted by atomic mass is 10.2. The Kier molecular flexibility index (Phi) is 7.00. The summed E-state index contributed by atoms with van der Waals surface area (Å²) in [5.41, 5.74) is 2.37. The second-order valence-electron chi connectivity index (χ2n) is 6.40. The molecule has 0 heterocycles. The fourth-order valence-corrected chi connectivity index (χ4v) is 2.66. The average molecular weight is 407 g/mol. The summed E-state index contributed by atoms with van der Waals surface area (Å²) in [6.07, 6.45) is 0. The second-order valence-corrected chi connectivity index (χ2v) is 6.40. The van der Waals surface area contributed by atoms with Gasteiger partial charge in [-0.25, -0.2) is 4.39 Å². The topological polar surface area (TPSA) is 79.5 Å². The molecule has 0 atom stereocenters. The lowest BCUT2D eigenvalue weighted by Crippen LogP contribution is -2.21. The van der Waals surface area contributed by atoms with Crippen molar-refractivity contribution in [3.63, 3.8) is 0 Å². The lowest BCUT2D eigenvalue weighted by Gasteiger charge is -2.09. The third-order valence-electron chi connectivity index (χ3n) is 4.15. The zero-order valence-corrected chi connectivity index (χ0v) is 16.4. The Hall–Kier alpha value is -3.87. The highest BCUT2D eigenvalue weighted by Crippen LogP contribution is 2.17. The zero-order valence-electron chi connectivity index (χ0n) is 16.4. The van der Waals surface area contributed by atoms with Crippen LogP contribution < -0.4 is 20.7 Å². The largest absolute Gasteiger partial charge is 0.494 e. The quantitative estimate of drug-likeness (QED) is 0.513. The van der Waals surface area contributed by atoms with Crippen molar-refractivity contribution in [2.24, 2.45) is 0 Å². The summed E-state index contributed by atoms with van der Waals surface area (Å²) in [7, 11) is 0. The molecule has 3 rings (SSSR count). The minimum atomic E-state index is -0.363. The summed E-state index contributed by atoms with van der Waals surface area (Å²) in [6.45, 7) is 2.53. The van der Waals surface area contributed by atoms with Crippen LogP contribution in [0.2, 0.25) is 0 Å². The van der Waals surface area contributed by atoms with Crippen LogP contribution in [0.3, 0.4) is 0 Å². The molecule has 0 fully saturated rings. The molecule has 3 aromatic carbocycles. The molecule has 0 saturated heterocycles. The monoisotopic (exact) mass is 407 g/mol. The van der Waals surface area contributed by atoms with Gasteiger partial charge >= 0.3 is 0 Å². The van der Waals surface area contributed by atoms with Crippen molar-refractivity contribution in [1.82, 2.24) is 0 Å². The molecule has 0 aliphatic heterocycles. The number of hydrogen-bond acceptors (Lipinski definition) is 4. The van der Waals surface area contributed by atoms with E-state index in [1.54, 1.807) is 48.5 Å². The zero-order chi connectivity index (χ0) is 21.3. The van der Waals surface area contributed by atoms with E-state index in [4.69, 9.17) is 4.74 Å². The number of nitrogens with one attached hydrogen (secondary N) is 3. The van der Waals surface area contributed by atoms with Gasteiger partial charge < -0.3 is 20.7 Å². The summed E-state index contributed by atoms with van der Waals surface area (Å²) in [5.74, 6) is -0.120. The first-order valence-electron chi connectivity index (χ1n) is 9.47. The first-order valence-corrected chi connectivity index (χ1v) is 9.47. The fourth-order valence-electron chi connectivity index (χ4n) is 2.66. The maximum Gasteiger partial charge on any atom is 0.255 e. The minimum Gasteiger partial charge on any atom is -0.494 e. The molecule has 0 unspecified atom stereocenters. The van der Waals surface area contributed by atoms with Gasteiger partial charge in [0.05, 0.1) is 13.2 Å². The maximum atomic E-state index is 12.9. The Labute approximate surface area is 174 Å². The normalized spacial score (nSPS) is 10.2. The number of amides is 2. The Morgan fingerprint density at radius 2 is 1.37 bits per heavy atom. The fraction of sp³-hybridized carbons (Fsp3) is 0.130. The maximum absolute atomic E-state index is 12.9. The predicted octanol–water partition coefficient (Wildman–Crippen LogP) is 4.53. The standard InChI is InChI=1S/C23H22FN3O3/c1-2-30-21-13-11-20(12-14-21)27-23(29)16-3-7-18(8-4-16)25-15-22(28)26-19-9-5-17(24)6-10-19/h3-14,25H,2,15H2,1H3,(H,26,28)(H,27,29). The number of halogens is 1. The van der Waals surface area contributed by atoms with Crippen LogP contribution in [0.25, 0.3) is 0 Å². The first kappa shape index (κ1) is 20.9.